The molecule has 1 aromatic carbocycles. The second-order valence-electron chi connectivity index (χ2n) is 8.71. The number of urea groups is 1. The average molecular weight is 429 g/mol. The van der Waals surface area contributed by atoms with Gasteiger partial charge in [0.25, 0.3) is 0 Å². The highest BCUT2D eigenvalue weighted by Crippen LogP contribution is 2.27. The Kier molecular flexibility index (Phi) is 5.87. The molecule has 2 aliphatic heterocycles. The number of ether oxygens (including phenoxy) is 1. The van der Waals surface area contributed by atoms with E-state index < -0.39 is 0 Å². The number of hydrogen-bond acceptors (Lipinski definition) is 5. The van der Waals surface area contributed by atoms with E-state index in [9.17, 15) is 9.18 Å². The van der Waals surface area contributed by atoms with Gasteiger partial charge in [-0.15, -0.1) is 5.10 Å². The SMILES string of the molecule is O=C(NC1CCCC1)N1CCN(Cc2nnn3c2CO[C@@H](c2cccc(F)c2)C3)CC1. The minimum Gasteiger partial charge on any atom is -0.365 e. The van der Waals surface area contributed by atoms with Gasteiger partial charge in [-0.2, -0.15) is 0 Å². The number of nitrogens with one attached hydrogen (secondary N) is 1. The van der Waals surface area contributed by atoms with Gasteiger partial charge in [0.1, 0.15) is 17.6 Å². The minimum absolute atomic E-state index is 0.0735. The third kappa shape index (κ3) is 4.57. The van der Waals surface area contributed by atoms with Crippen molar-refractivity contribution in [1.82, 2.24) is 30.1 Å². The van der Waals surface area contributed by atoms with Crippen LogP contribution in [0.5, 0.6) is 0 Å². The van der Waals surface area contributed by atoms with Gasteiger partial charge in [0.15, 0.2) is 0 Å². The van der Waals surface area contributed by atoms with E-state index in [0.29, 0.717) is 25.7 Å². The largest absolute Gasteiger partial charge is 0.365 e. The molecule has 31 heavy (non-hydrogen) atoms. The van der Waals surface area contributed by atoms with Crippen molar-refractivity contribution in [2.24, 2.45) is 0 Å². The molecule has 3 aliphatic rings. The normalized spacial score (nSPS) is 22.5. The van der Waals surface area contributed by atoms with Crippen molar-refractivity contribution in [2.45, 2.75) is 57.5 Å². The van der Waals surface area contributed by atoms with Crippen molar-refractivity contribution in [1.29, 1.82) is 0 Å². The molecule has 1 saturated heterocycles. The number of carbonyl (C=O) groups is 1. The number of fused-ring (bicyclic) bond motifs is 1. The predicted octanol–water partition coefficient (Wildman–Crippen LogP) is 2.46. The maximum atomic E-state index is 13.5. The van der Waals surface area contributed by atoms with E-state index >= 15 is 0 Å². The lowest BCUT2D eigenvalue weighted by Gasteiger charge is -2.35. The van der Waals surface area contributed by atoms with Crippen LogP contribution >= 0.6 is 0 Å². The zero-order valence-electron chi connectivity index (χ0n) is 17.7. The van der Waals surface area contributed by atoms with Crippen molar-refractivity contribution in [2.75, 3.05) is 26.2 Å². The molecule has 9 heteroatoms. The summed E-state index contributed by atoms with van der Waals surface area (Å²) in [5.74, 6) is -0.262. The number of piperazine rings is 1. The summed E-state index contributed by atoms with van der Waals surface area (Å²) in [6, 6.07) is 6.94. The van der Waals surface area contributed by atoms with Gasteiger partial charge in [-0.05, 0) is 30.5 Å². The molecular weight excluding hydrogens is 399 g/mol. The van der Waals surface area contributed by atoms with Crippen LogP contribution in [0.3, 0.4) is 0 Å². The van der Waals surface area contributed by atoms with Crippen LogP contribution in [0.2, 0.25) is 0 Å². The van der Waals surface area contributed by atoms with Crippen LogP contribution in [-0.4, -0.2) is 63.0 Å². The van der Waals surface area contributed by atoms with E-state index in [4.69, 9.17) is 4.74 Å². The zero-order chi connectivity index (χ0) is 21.2. The lowest BCUT2D eigenvalue weighted by atomic mass is 10.1. The van der Waals surface area contributed by atoms with Gasteiger partial charge in [0.2, 0.25) is 0 Å². The van der Waals surface area contributed by atoms with Crippen LogP contribution in [0.1, 0.15) is 48.7 Å². The second kappa shape index (κ2) is 8.92. The maximum Gasteiger partial charge on any atom is 0.317 e. The first-order valence-corrected chi connectivity index (χ1v) is 11.2. The van der Waals surface area contributed by atoms with E-state index in [-0.39, 0.29) is 18.0 Å². The molecule has 0 radical (unpaired) electrons. The van der Waals surface area contributed by atoms with E-state index in [1.54, 1.807) is 6.07 Å². The molecule has 2 aromatic rings. The van der Waals surface area contributed by atoms with Gasteiger partial charge in [-0.1, -0.05) is 30.2 Å². The molecule has 1 aliphatic carbocycles. The number of hydrogen-bond donors (Lipinski definition) is 1. The standard InChI is InChI=1S/C22H29FN6O2/c23-17-5-3-4-16(12-17)21-14-29-20(15-31-21)19(25-26-29)13-27-8-10-28(11-9-27)22(30)24-18-6-1-2-7-18/h3-5,12,18,21H,1-2,6-11,13-15H2,(H,24,30)/t21-/m1/s1. The van der Waals surface area contributed by atoms with Crippen LogP contribution in [0, 0.1) is 5.82 Å². The highest BCUT2D eigenvalue weighted by molar-refractivity contribution is 5.74. The van der Waals surface area contributed by atoms with Crippen molar-refractivity contribution < 1.29 is 13.9 Å². The van der Waals surface area contributed by atoms with Gasteiger partial charge in [-0.25, -0.2) is 13.9 Å². The molecule has 5 rings (SSSR count). The summed E-state index contributed by atoms with van der Waals surface area (Å²) < 4.78 is 21.4. The van der Waals surface area contributed by atoms with E-state index in [0.717, 1.165) is 56.0 Å². The molecule has 166 valence electrons. The molecule has 1 N–H and O–H groups in total. The topological polar surface area (TPSA) is 75.5 Å². The summed E-state index contributed by atoms with van der Waals surface area (Å²) in [5.41, 5.74) is 2.71. The first-order valence-electron chi connectivity index (χ1n) is 11.2. The molecule has 8 nitrogen and oxygen atoms in total. The Hall–Kier alpha value is -2.52. The van der Waals surface area contributed by atoms with Crippen LogP contribution in [0.4, 0.5) is 9.18 Å². The number of benzene rings is 1. The van der Waals surface area contributed by atoms with Crippen molar-refractivity contribution in [3.8, 4) is 0 Å². The summed E-state index contributed by atoms with van der Waals surface area (Å²) in [5, 5.41) is 11.9. The molecule has 1 aromatic heterocycles. The molecule has 3 heterocycles. The summed E-state index contributed by atoms with van der Waals surface area (Å²) in [6.45, 7) is 4.71. The first kappa shape index (κ1) is 20.4. The fraction of sp³-hybridized carbons (Fsp3) is 0.591. The third-order valence-corrected chi connectivity index (χ3v) is 6.61. The van der Waals surface area contributed by atoms with Gasteiger partial charge < -0.3 is 15.0 Å². The Morgan fingerprint density at radius 1 is 1.19 bits per heavy atom. The summed E-state index contributed by atoms with van der Waals surface area (Å²) >= 11 is 0. The van der Waals surface area contributed by atoms with Crippen LogP contribution in [-0.2, 0) is 24.4 Å². The molecule has 0 bridgehead atoms. The fourth-order valence-corrected chi connectivity index (χ4v) is 4.75. The summed E-state index contributed by atoms with van der Waals surface area (Å²) in [6.07, 6.45) is 4.42. The van der Waals surface area contributed by atoms with Crippen molar-refractivity contribution >= 4 is 6.03 Å². The summed E-state index contributed by atoms with van der Waals surface area (Å²) in [4.78, 5) is 16.7. The zero-order valence-corrected chi connectivity index (χ0v) is 17.7. The Balaban J connectivity index is 1.14. The first-order chi connectivity index (χ1) is 15.2. The number of rotatable bonds is 4. The van der Waals surface area contributed by atoms with Gasteiger partial charge >= 0.3 is 6.03 Å². The Bertz CT molecular complexity index is 920. The molecule has 2 amide bonds. The Labute approximate surface area is 181 Å². The minimum atomic E-state index is -0.262. The van der Waals surface area contributed by atoms with E-state index in [1.807, 2.05) is 15.6 Å². The van der Waals surface area contributed by atoms with Gasteiger partial charge in [0.05, 0.1) is 18.8 Å². The average Bonchev–Trinajstić information content (AvgIpc) is 3.44. The monoisotopic (exact) mass is 428 g/mol. The molecule has 2 fully saturated rings. The molecule has 1 atom stereocenters. The van der Waals surface area contributed by atoms with Crippen molar-refractivity contribution in [3.63, 3.8) is 0 Å². The lowest BCUT2D eigenvalue weighted by molar-refractivity contribution is -0.00234. The number of carbonyl (C=O) groups excluding carboxylic acids is 1. The van der Waals surface area contributed by atoms with Crippen molar-refractivity contribution in [3.05, 3.63) is 47.0 Å². The number of halogens is 1. The number of amides is 2. The smallest absolute Gasteiger partial charge is 0.317 e. The van der Waals surface area contributed by atoms with Crippen LogP contribution in [0.25, 0.3) is 0 Å². The Morgan fingerprint density at radius 2 is 2.00 bits per heavy atom. The number of aromatic nitrogens is 3. The predicted molar refractivity (Wildman–Crippen MR) is 112 cm³/mol. The van der Waals surface area contributed by atoms with Crippen LogP contribution < -0.4 is 5.32 Å². The quantitative estimate of drug-likeness (QED) is 0.810. The lowest BCUT2D eigenvalue weighted by Crippen LogP contribution is -2.53. The van der Waals surface area contributed by atoms with E-state index in [2.05, 4.69) is 20.5 Å². The second-order valence-corrected chi connectivity index (χ2v) is 8.71. The Morgan fingerprint density at radius 3 is 2.77 bits per heavy atom. The third-order valence-electron chi connectivity index (χ3n) is 6.61. The maximum absolute atomic E-state index is 13.5. The van der Waals surface area contributed by atoms with Gasteiger partial charge in [0, 0.05) is 38.8 Å². The fourth-order valence-electron chi connectivity index (χ4n) is 4.75. The highest BCUT2D eigenvalue weighted by atomic mass is 19.1. The van der Waals surface area contributed by atoms with Crippen LogP contribution in [0.15, 0.2) is 24.3 Å². The van der Waals surface area contributed by atoms with E-state index in [1.165, 1.54) is 25.0 Å². The molecule has 0 spiro atoms. The molecular formula is C22H29FN6O2. The highest BCUT2D eigenvalue weighted by Gasteiger charge is 2.28. The number of nitrogens with zero attached hydrogens (tertiary/aromatic N) is 5. The van der Waals surface area contributed by atoms with Gasteiger partial charge in [-0.3, -0.25) is 4.90 Å². The molecule has 0 unspecified atom stereocenters. The summed E-state index contributed by atoms with van der Waals surface area (Å²) in [7, 11) is 0. The molecule has 1 saturated carbocycles.